The molecule has 1 N–H and O–H groups in total. The maximum absolute atomic E-state index is 13.0. The van der Waals surface area contributed by atoms with Crippen molar-refractivity contribution in [1.29, 1.82) is 0 Å². The number of carboxylic acids is 1. The minimum absolute atomic E-state index is 0.0198. The van der Waals surface area contributed by atoms with Crippen LogP contribution < -0.4 is 20.1 Å². The van der Waals surface area contributed by atoms with Crippen LogP contribution in [0.1, 0.15) is 25.0 Å². The van der Waals surface area contributed by atoms with Crippen LogP contribution in [0.2, 0.25) is 0 Å². The number of thiocarbonyl (C=S) groups is 1. The van der Waals surface area contributed by atoms with Gasteiger partial charge in [-0.1, -0.05) is 31.2 Å². The van der Waals surface area contributed by atoms with E-state index in [2.05, 4.69) is 5.32 Å². The van der Waals surface area contributed by atoms with Gasteiger partial charge in [0.2, 0.25) is 0 Å². The third-order valence-corrected chi connectivity index (χ3v) is 4.82. The third-order valence-electron chi connectivity index (χ3n) is 4.54. The molecule has 0 unspecified atom stereocenters. The van der Waals surface area contributed by atoms with Gasteiger partial charge in [-0.2, -0.15) is 0 Å². The van der Waals surface area contributed by atoms with Crippen LogP contribution in [0.5, 0.6) is 5.75 Å². The summed E-state index contributed by atoms with van der Waals surface area (Å²) in [6.07, 6.45) is 1.20. The van der Waals surface area contributed by atoms with Crippen molar-refractivity contribution in [3.8, 4) is 5.75 Å². The number of carbonyl (C=O) groups is 3. The van der Waals surface area contributed by atoms with Crippen molar-refractivity contribution in [3.05, 3.63) is 65.2 Å². The summed E-state index contributed by atoms with van der Waals surface area (Å²) in [5.41, 5.74) is 2.17. The predicted molar refractivity (Wildman–Crippen MR) is 114 cm³/mol. The molecular weight excluding hydrogens is 404 g/mol. The number of ether oxygens (including phenoxy) is 1. The van der Waals surface area contributed by atoms with Crippen LogP contribution in [-0.2, 0) is 20.8 Å². The first-order valence-electron chi connectivity index (χ1n) is 9.28. The van der Waals surface area contributed by atoms with Crippen LogP contribution in [0.4, 0.5) is 5.69 Å². The van der Waals surface area contributed by atoms with Crippen LogP contribution in [0.3, 0.4) is 0 Å². The fourth-order valence-electron chi connectivity index (χ4n) is 2.83. The van der Waals surface area contributed by atoms with E-state index in [-0.39, 0.29) is 10.7 Å². The number of rotatable bonds is 6. The Kier molecular flexibility index (Phi) is 6.27. The molecule has 0 aromatic heterocycles. The molecule has 30 heavy (non-hydrogen) atoms. The number of nitrogens with one attached hydrogen (secondary N) is 1. The minimum Gasteiger partial charge on any atom is -0.546 e. The topological polar surface area (TPSA) is 98.8 Å². The largest absolute Gasteiger partial charge is 0.546 e. The molecule has 1 atom stereocenters. The van der Waals surface area contributed by atoms with E-state index < -0.39 is 23.9 Å². The molecule has 3 rings (SSSR count). The molecular formula is C22H19N2O5S-. The Hall–Kier alpha value is -3.52. The van der Waals surface area contributed by atoms with E-state index >= 15 is 0 Å². The molecule has 154 valence electrons. The first-order valence-corrected chi connectivity index (χ1v) is 9.69. The van der Waals surface area contributed by atoms with Crippen molar-refractivity contribution in [3.63, 3.8) is 0 Å². The van der Waals surface area contributed by atoms with Gasteiger partial charge in [0.15, 0.2) is 5.11 Å². The fourth-order valence-corrected chi connectivity index (χ4v) is 3.12. The number of carbonyl (C=O) groups excluding carboxylic acids is 3. The Bertz CT molecular complexity index is 1030. The number of benzene rings is 2. The lowest BCUT2D eigenvalue weighted by molar-refractivity contribution is -0.312. The van der Waals surface area contributed by atoms with Gasteiger partial charge < -0.3 is 14.6 Å². The van der Waals surface area contributed by atoms with Crippen molar-refractivity contribution in [2.45, 2.75) is 26.4 Å². The molecule has 7 nitrogen and oxygen atoms in total. The van der Waals surface area contributed by atoms with Gasteiger partial charge in [-0.25, -0.2) is 0 Å². The molecule has 1 aliphatic rings. The van der Waals surface area contributed by atoms with Crippen molar-refractivity contribution >= 4 is 46.9 Å². The molecule has 0 bridgehead atoms. The zero-order valence-corrected chi connectivity index (χ0v) is 17.2. The molecule has 2 aromatic rings. The molecule has 2 aromatic carbocycles. The lowest BCUT2D eigenvalue weighted by Gasteiger charge is -2.29. The number of aryl methyl sites for hydroxylation is 1. The lowest BCUT2D eigenvalue weighted by Crippen LogP contribution is -2.54. The quantitative estimate of drug-likeness (QED) is 0.431. The van der Waals surface area contributed by atoms with Gasteiger partial charge in [-0.05, 0) is 67.0 Å². The summed E-state index contributed by atoms with van der Waals surface area (Å²) in [4.78, 5) is 37.4. The third kappa shape index (κ3) is 4.55. The first kappa shape index (κ1) is 21.2. The monoisotopic (exact) mass is 423 g/mol. The number of hydrogen-bond acceptors (Lipinski definition) is 6. The lowest BCUT2D eigenvalue weighted by atomic mass is 10.1. The smallest absolute Gasteiger partial charge is 0.270 e. The summed E-state index contributed by atoms with van der Waals surface area (Å²) in [6.45, 7) is 3.39. The predicted octanol–water partition coefficient (Wildman–Crippen LogP) is 1.60. The Morgan fingerprint density at radius 3 is 2.37 bits per heavy atom. The van der Waals surface area contributed by atoms with Gasteiger partial charge in [0.25, 0.3) is 11.8 Å². The van der Waals surface area contributed by atoms with Gasteiger partial charge in [0.1, 0.15) is 17.4 Å². The number of hydrogen-bond donors (Lipinski definition) is 1. The Balaban J connectivity index is 1.85. The number of aliphatic carboxylic acids is 1. The summed E-state index contributed by atoms with van der Waals surface area (Å²) in [5, 5.41) is 13.3. The highest BCUT2D eigenvalue weighted by molar-refractivity contribution is 7.80. The van der Waals surface area contributed by atoms with Crippen molar-refractivity contribution in [2.75, 3.05) is 4.90 Å². The Morgan fingerprint density at radius 1 is 1.17 bits per heavy atom. The maximum atomic E-state index is 13.0. The van der Waals surface area contributed by atoms with E-state index in [4.69, 9.17) is 17.0 Å². The van der Waals surface area contributed by atoms with Gasteiger partial charge in [-0.15, -0.1) is 0 Å². The van der Waals surface area contributed by atoms with Crippen LogP contribution in [0, 0.1) is 0 Å². The molecule has 0 radical (unpaired) electrons. The average molecular weight is 423 g/mol. The van der Waals surface area contributed by atoms with Gasteiger partial charge in [0, 0.05) is 0 Å². The number of amides is 2. The number of anilines is 1. The summed E-state index contributed by atoms with van der Waals surface area (Å²) < 4.78 is 5.22. The van der Waals surface area contributed by atoms with E-state index in [0.29, 0.717) is 17.0 Å². The molecule has 1 aliphatic heterocycles. The summed E-state index contributed by atoms with van der Waals surface area (Å²) in [7, 11) is 0. The van der Waals surface area contributed by atoms with Crippen molar-refractivity contribution < 1.29 is 24.2 Å². The molecule has 0 saturated carbocycles. The van der Waals surface area contributed by atoms with Crippen molar-refractivity contribution in [2.24, 2.45) is 0 Å². The van der Waals surface area contributed by atoms with Crippen molar-refractivity contribution in [1.82, 2.24) is 5.32 Å². The molecule has 0 aliphatic carbocycles. The average Bonchev–Trinajstić information content (AvgIpc) is 2.72. The summed E-state index contributed by atoms with van der Waals surface area (Å²) in [5.74, 6) is -2.11. The molecule has 1 saturated heterocycles. The van der Waals surface area contributed by atoms with Gasteiger partial charge in [0.05, 0.1) is 11.7 Å². The highest BCUT2D eigenvalue weighted by Crippen LogP contribution is 2.23. The Labute approximate surface area is 179 Å². The minimum atomic E-state index is -1.33. The van der Waals surface area contributed by atoms with Crippen LogP contribution in [-0.4, -0.2) is 29.0 Å². The van der Waals surface area contributed by atoms with E-state index in [1.54, 1.807) is 36.4 Å². The van der Waals surface area contributed by atoms with E-state index in [9.17, 15) is 19.5 Å². The normalized spacial score (nSPS) is 16.4. The molecule has 2 amide bonds. The summed E-state index contributed by atoms with van der Waals surface area (Å²) in [6, 6.07) is 13.7. The molecule has 1 fully saturated rings. The Morgan fingerprint density at radius 2 is 1.80 bits per heavy atom. The first-order chi connectivity index (χ1) is 14.3. The fraction of sp³-hybridized carbons (Fsp3) is 0.182. The second kappa shape index (κ2) is 8.87. The van der Waals surface area contributed by atoms with E-state index in [1.807, 2.05) is 19.1 Å². The highest BCUT2D eigenvalue weighted by Gasteiger charge is 2.34. The second-order valence-electron chi connectivity index (χ2n) is 6.63. The number of nitrogens with zero attached hydrogens (tertiary/aromatic N) is 1. The summed E-state index contributed by atoms with van der Waals surface area (Å²) >= 11 is 5.20. The molecule has 8 heteroatoms. The zero-order valence-electron chi connectivity index (χ0n) is 16.4. The molecule has 1 heterocycles. The zero-order chi connectivity index (χ0) is 21.8. The standard InChI is InChI=1S/C22H20N2O5S/c1-3-14-4-8-16(9-5-14)24-20(26)18(19(25)23-22(24)30)12-15-6-10-17(11-7-15)29-13(2)21(27)28/h4-13H,3H2,1-2H3,(H,27,28)(H,23,25,30)/p-1/b18-12+/t13-/m0/s1. The SMILES string of the molecule is CCc1ccc(N2C(=O)/C(=C/c3ccc(O[C@@H](C)C(=O)[O-])cc3)C(=O)NC2=S)cc1. The molecule has 0 spiro atoms. The van der Waals surface area contributed by atoms with Gasteiger partial charge in [-0.3, -0.25) is 19.8 Å². The van der Waals surface area contributed by atoms with E-state index in [0.717, 1.165) is 12.0 Å². The van der Waals surface area contributed by atoms with Crippen LogP contribution in [0.15, 0.2) is 54.1 Å². The number of carboxylic acid groups (broad SMARTS) is 1. The maximum Gasteiger partial charge on any atom is 0.270 e. The van der Waals surface area contributed by atoms with E-state index in [1.165, 1.54) is 17.9 Å². The second-order valence-corrected chi connectivity index (χ2v) is 7.01. The van der Waals surface area contributed by atoms with Gasteiger partial charge >= 0.3 is 0 Å². The van der Waals surface area contributed by atoms with Crippen LogP contribution >= 0.6 is 12.2 Å². The highest BCUT2D eigenvalue weighted by atomic mass is 32.1. The van der Waals surface area contributed by atoms with Crippen LogP contribution in [0.25, 0.3) is 6.08 Å².